The maximum Gasteiger partial charge on any atom is 0.222 e. The van der Waals surface area contributed by atoms with Crippen LogP contribution in [0.3, 0.4) is 0 Å². The summed E-state index contributed by atoms with van der Waals surface area (Å²) in [7, 11) is 0. The molecule has 0 radical (unpaired) electrons. The lowest BCUT2D eigenvalue weighted by molar-refractivity contribution is -0.122. The molecule has 118 valence electrons. The van der Waals surface area contributed by atoms with E-state index in [9.17, 15) is 4.79 Å². The van der Waals surface area contributed by atoms with E-state index in [1.165, 1.54) is 0 Å². The van der Waals surface area contributed by atoms with Gasteiger partial charge in [0.2, 0.25) is 5.91 Å². The molecule has 6 heteroatoms. The molecule has 2 atom stereocenters. The number of aromatic nitrogens is 1. The summed E-state index contributed by atoms with van der Waals surface area (Å²) >= 11 is 0. The molecule has 1 aromatic heterocycles. The summed E-state index contributed by atoms with van der Waals surface area (Å²) in [6.07, 6.45) is 3.81. The minimum absolute atomic E-state index is 0.0800. The summed E-state index contributed by atoms with van der Waals surface area (Å²) in [4.78, 5) is 18.2. The molecule has 0 aliphatic carbocycles. The van der Waals surface area contributed by atoms with Gasteiger partial charge >= 0.3 is 0 Å². The van der Waals surface area contributed by atoms with Crippen molar-refractivity contribution in [3.05, 3.63) is 23.9 Å². The first-order valence-electron chi connectivity index (χ1n) is 7.69. The molecule has 0 saturated carbocycles. The Morgan fingerprint density at radius 2 is 2.36 bits per heavy atom. The number of anilines is 1. The number of carbonyl (C=O) groups is 1. The molecule has 0 bridgehead atoms. The van der Waals surface area contributed by atoms with Crippen molar-refractivity contribution in [3.63, 3.8) is 0 Å². The van der Waals surface area contributed by atoms with Crippen LogP contribution in [0.15, 0.2) is 18.3 Å². The normalized spacial score (nSPS) is 20.7. The van der Waals surface area contributed by atoms with E-state index in [0.29, 0.717) is 18.0 Å². The van der Waals surface area contributed by atoms with Gasteiger partial charge in [-0.05, 0) is 24.5 Å². The van der Waals surface area contributed by atoms with E-state index in [4.69, 9.17) is 10.4 Å². The first-order valence-corrected chi connectivity index (χ1v) is 7.69. The number of hydrogen-bond donors (Lipinski definition) is 2. The number of hydrogen-bond acceptors (Lipinski definition) is 5. The maximum absolute atomic E-state index is 11.7. The molecule has 1 saturated heterocycles. The molecule has 1 amide bonds. The van der Waals surface area contributed by atoms with Crippen molar-refractivity contribution in [3.8, 4) is 6.07 Å². The Morgan fingerprint density at radius 3 is 2.95 bits per heavy atom. The predicted octanol–water partition coefficient (Wildman–Crippen LogP) is 1.06. The lowest BCUT2D eigenvalue weighted by Gasteiger charge is -2.18. The third kappa shape index (κ3) is 3.95. The lowest BCUT2D eigenvalue weighted by atomic mass is 9.98. The average Bonchev–Trinajstić information content (AvgIpc) is 2.91. The van der Waals surface area contributed by atoms with Gasteiger partial charge in [-0.3, -0.25) is 4.79 Å². The molecule has 2 rings (SSSR count). The van der Waals surface area contributed by atoms with Crippen molar-refractivity contribution >= 4 is 11.7 Å². The van der Waals surface area contributed by atoms with Crippen LogP contribution in [-0.4, -0.2) is 41.7 Å². The second-order valence-corrected chi connectivity index (χ2v) is 5.62. The van der Waals surface area contributed by atoms with Crippen LogP contribution in [0.4, 0.5) is 5.82 Å². The molecule has 2 N–H and O–H groups in total. The van der Waals surface area contributed by atoms with Gasteiger partial charge in [0.1, 0.15) is 11.9 Å². The highest BCUT2D eigenvalue weighted by atomic mass is 16.3. The number of carbonyl (C=O) groups excluding carboxylic acids is 1. The highest BCUT2D eigenvalue weighted by molar-refractivity contribution is 5.76. The quantitative estimate of drug-likeness (QED) is 0.820. The van der Waals surface area contributed by atoms with Crippen LogP contribution in [0.5, 0.6) is 0 Å². The molecule has 22 heavy (non-hydrogen) atoms. The lowest BCUT2D eigenvalue weighted by Crippen LogP contribution is -2.40. The van der Waals surface area contributed by atoms with Gasteiger partial charge in [0, 0.05) is 25.7 Å². The zero-order chi connectivity index (χ0) is 15.9. The minimum Gasteiger partial charge on any atom is -0.396 e. The van der Waals surface area contributed by atoms with Crippen LogP contribution in [-0.2, 0) is 4.79 Å². The zero-order valence-electron chi connectivity index (χ0n) is 12.8. The molecule has 0 unspecified atom stereocenters. The third-order valence-electron chi connectivity index (χ3n) is 3.99. The highest BCUT2D eigenvalue weighted by Gasteiger charge is 2.33. The molecule has 0 spiro atoms. The molecule has 1 aliphatic heterocycles. The van der Waals surface area contributed by atoms with Gasteiger partial charge in [0.15, 0.2) is 0 Å². The van der Waals surface area contributed by atoms with Gasteiger partial charge in [-0.25, -0.2) is 4.98 Å². The number of aliphatic hydroxyl groups excluding tert-OH is 1. The summed E-state index contributed by atoms with van der Waals surface area (Å²) in [5, 5.41) is 20.7. The number of aliphatic hydroxyl groups is 1. The fraction of sp³-hybridized carbons (Fsp3) is 0.562. The van der Waals surface area contributed by atoms with E-state index in [2.05, 4.69) is 28.2 Å². The van der Waals surface area contributed by atoms with E-state index in [1.807, 2.05) is 6.07 Å². The van der Waals surface area contributed by atoms with Crippen LogP contribution in [0, 0.1) is 17.2 Å². The summed E-state index contributed by atoms with van der Waals surface area (Å²) < 4.78 is 0. The third-order valence-corrected chi connectivity index (χ3v) is 3.99. The smallest absolute Gasteiger partial charge is 0.222 e. The fourth-order valence-corrected chi connectivity index (χ4v) is 2.90. The average molecular weight is 302 g/mol. The van der Waals surface area contributed by atoms with Gasteiger partial charge in [0.05, 0.1) is 18.2 Å². The predicted molar refractivity (Wildman–Crippen MR) is 83.2 cm³/mol. The van der Waals surface area contributed by atoms with Crippen LogP contribution >= 0.6 is 0 Å². The van der Waals surface area contributed by atoms with Gasteiger partial charge in [0.25, 0.3) is 0 Å². The first-order chi connectivity index (χ1) is 10.7. The van der Waals surface area contributed by atoms with Gasteiger partial charge in [-0.15, -0.1) is 0 Å². The number of nitriles is 1. The van der Waals surface area contributed by atoms with Crippen LogP contribution < -0.4 is 10.2 Å². The zero-order valence-corrected chi connectivity index (χ0v) is 12.8. The molecule has 2 heterocycles. The largest absolute Gasteiger partial charge is 0.396 e. The summed E-state index contributed by atoms with van der Waals surface area (Å²) in [6.45, 7) is 3.56. The van der Waals surface area contributed by atoms with E-state index in [1.54, 1.807) is 12.3 Å². The van der Waals surface area contributed by atoms with Crippen molar-refractivity contribution in [1.82, 2.24) is 10.3 Å². The Morgan fingerprint density at radius 1 is 1.55 bits per heavy atom. The van der Waals surface area contributed by atoms with E-state index < -0.39 is 0 Å². The molecular weight excluding hydrogens is 280 g/mol. The van der Waals surface area contributed by atoms with Gasteiger partial charge < -0.3 is 15.3 Å². The fourth-order valence-electron chi connectivity index (χ4n) is 2.90. The topological polar surface area (TPSA) is 89.3 Å². The summed E-state index contributed by atoms with van der Waals surface area (Å²) in [5.74, 6) is 1.10. The highest BCUT2D eigenvalue weighted by Crippen LogP contribution is 2.26. The van der Waals surface area contributed by atoms with E-state index in [-0.39, 0.29) is 25.0 Å². The molecule has 6 nitrogen and oxygen atoms in total. The standard InChI is InChI=1S/C16H22N4O2/c1-2-3-13-10-20(11-14(13)19-16(22)6-7-21)15-5-4-12(8-17)9-18-15/h4-5,9,13-14,21H,2-3,6-7,10-11H2,1H3,(H,19,22)/t13-,14-/m1/s1. The number of nitrogens with one attached hydrogen (secondary N) is 1. The van der Waals surface area contributed by atoms with Crippen molar-refractivity contribution in [2.45, 2.75) is 32.2 Å². The second kappa shape index (κ2) is 7.76. The maximum atomic E-state index is 11.7. The van der Waals surface area contributed by atoms with Gasteiger partial charge in [-0.2, -0.15) is 5.26 Å². The molecule has 1 aliphatic rings. The van der Waals surface area contributed by atoms with E-state index in [0.717, 1.165) is 25.2 Å². The Kier molecular flexibility index (Phi) is 5.73. The monoisotopic (exact) mass is 302 g/mol. The van der Waals surface area contributed by atoms with Crippen LogP contribution in [0.1, 0.15) is 31.7 Å². The van der Waals surface area contributed by atoms with Crippen molar-refractivity contribution in [2.75, 3.05) is 24.6 Å². The van der Waals surface area contributed by atoms with Gasteiger partial charge in [-0.1, -0.05) is 13.3 Å². The Balaban J connectivity index is 2.05. The molecule has 1 aromatic rings. The molecular formula is C16H22N4O2. The Labute approximate surface area is 130 Å². The van der Waals surface area contributed by atoms with E-state index >= 15 is 0 Å². The summed E-state index contributed by atoms with van der Waals surface area (Å²) in [5.41, 5.74) is 0.542. The number of nitrogens with zero attached hydrogens (tertiary/aromatic N) is 3. The SMILES string of the molecule is CCC[C@@H]1CN(c2ccc(C#N)cn2)C[C@H]1NC(=O)CCO. The second-order valence-electron chi connectivity index (χ2n) is 5.62. The molecule has 0 aromatic carbocycles. The van der Waals surface area contributed by atoms with Crippen molar-refractivity contribution in [2.24, 2.45) is 5.92 Å². The molecule has 1 fully saturated rings. The Hall–Kier alpha value is -2.13. The number of rotatable bonds is 6. The van der Waals surface area contributed by atoms with Crippen molar-refractivity contribution < 1.29 is 9.90 Å². The van der Waals surface area contributed by atoms with Crippen LogP contribution in [0.25, 0.3) is 0 Å². The van der Waals surface area contributed by atoms with Crippen LogP contribution in [0.2, 0.25) is 0 Å². The Bertz CT molecular complexity index is 538. The number of pyridine rings is 1. The first kappa shape index (κ1) is 16.2. The number of amides is 1. The summed E-state index contributed by atoms with van der Waals surface area (Å²) in [6, 6.07) is 5.75. The minimum atomic E-state index is -0.127. The van der Waals surface area contributed by atoms with Crippen molar-refractivity contribution in [1.29, 1.82) is 5.26 Å².